The van der Waals surface area contributed by atoms with Crippen LogP contribution in [-0.4, -0.2) is 15.0 Å². The summed E-state index contributed by atoms with van der Waals surface area (Å²) in [5.74, 6) is 1.94. The van der Waals surface area contributed by atoms with Gasteiger partial charge in [0.2, 0.25) is 18.2 Å². The third-order valence-electron chi connectivity index (χ3n) is 4.10. The average molecular weight is 399 g/mol. The number of halogens is 1. The minimum absolute atomic E-state index is 0.0809. The van der Waals surface area contributed by atoms with Crippen molar-refractivity contribution in [3.63, 3.8) is 0 Å². The van der Waals surface area contributed by atoms with Gasteiger partial charge >= 0.3 is 0 Å². The molecule has 1 aromatic heterocycles. The average Bonchev–Trinajstić information content (AvgIpc) is 2.67. The van der Waals surface area contributed by atoms with Crippen molar-refractivity contribution in [3.05, 3.63) is 70.8 Å². The van der Waals surface area contributed by atoms with E-state index >= 15 is 0 Å². The molecule has 4 N–H and O–H groups in total. The normalized spacial score (nSPS) is 15.7. The van der Waals surface area contributed by atoms with E-state index in [-0.39, 0.29) is 24.3 Å². The Morgan fingerprint density at radius 1 is 1.04 bits per heavy atom. The van der Waals surface area contributed by atoms with Gasteiger partial charge in [-0.05, 0) is 12.1 Å². The van der Waals surface area contributed by atoms with Crippen LogP contribution in [0.2, 0.25) is 0 Å². The van der Waals surface area contributed by atoms with Crippen LogP contribution >= 0.6 is 11.8 Å². The van der Waals surface area contributed by atoms with Crippen LogP contribution < -0.4 is 16.2 Å². The Hall–Kier alpha value is -2.91. The van der Waals surface area contributed by atoms with Crippen molar-refractivity contribution in [2.45, 2.75) is 24.4 Å². The van der Waals surface area contributed by atoms with Gasteiger partial charge < -0.3 is 20.9 Å². The first-order valence-corrected chi connectivity index (χ1v) is 9.72. The minimum atomic E-state index is -0.522. The van der Waals surface area contributed by atoms with E-state index in [2.05, 4.69) is 15.0 Å². The number of rotatable bonds is 5. The Morgan fingerprint density at radius 3 is 2.54 bits per heavy atom. The van der Waals surface area contributed by atoms with E-state index in [1.807, 2.05) is 30.3 Å². The van der Waals surface area contributed by atoms with E-state index in [1.165, 1.54) is 23.9 Å². The smallest absolute Gasteiger partial charge is 0.227 e. The summed E-state index contributed by atoms with van der Waals surface area (Å²) in [5.41, 5.74) is 13.5. The lowest BCUT2D eigenvalue weighted by atomic mass is 10.1. The molecule has 0 fully saturated rings. The molecule has 0 aliphatic carbocycles. The number of ether oxygens (including phenoxy) is 2. The summed E-state index contributed by atoms with van der Waals surface area (Å²) < 4.78 is 25.9. The number of thioether (sulfide) groups is 1. The second kappa shape index (κ2) is 7.99. The van der Waals surface area contributed by atoms with Gasteiger partial charge in [0.15, 0.2) is 0 Å². The van der Waals surface area contributed by atoms with Crippen molar-refractivity contribution < 1.29 is 13.9 Å². The van der Waals surface area contributed by atoms with Gasteiger partial charge in [0.05, 0.1) is 12.4 Å². The lowest BCUT2D eigenvalue weighted by molar-refractivity contribution is -0.112. The highest BCUT2D eigenvalue weighted by atomic mass is 32.2. The SMILES string of the molecule is Nc1nc(N)nc(CSCc2cc(F)cc3c2O[C@@H](c2ccccc2)OC3)n1. The zero-order valence-electron chi connectivity index (χ0n) is 14.8. The van der Waals surface area contributed by atoms with Crippen LogP contribution in [0, 0.1) is 5.82 Å². The molecular formula is C19H18FN5O2S. The van der Waals surface area contributed by atoms with Crippen molar-refractivity contribution in [2.75, 3.05) is 11.5 Å². The van der Waals surface area contributed by atoms with Crippen LogP contribution in [-0.2, 0) is 22.8 Å². The van der Waals surface area contributed by atoms with E-state index in [9.17, 15) is 4.39 Å². The maximum Gasteiger partial charge on any atom is 0.227 e. The fraction of sp³-hybridized carbons (Fsp3) is 0.211. The van der Waals surface area contributed by atoms with Gasteiger partial charge in [-0.15, -0.1) is 11.8 Å². The van der Waals surface area contributed by atoms with Gasteiger partial charge in [0.1, 0.15) is 17.4 Å². The Bertz CT molecular complexity index is 969. The highest BCUT2D eigenvalue weighted by molar-refractivity contribution is 7.97. The molecule has 3 aromatic rings. The molecule has 4 rings (SSSR count). The zero-order chi connectivity index (χ0) is 19.5. The van der Waals surface area contributed by atoms with Crippen LogP contribution in [0.1, 0.15) is 28.8 Å². The topological polar surface area (TPSA) is 109 Å². The Labute approximate surface area is 165 Å². The molecular weight excluding hydrogens is 381 g/mol. The Morgan fingerprint density at radius 2 is 1.79 bits per heavy atom. The van der Waals surface area contributed by atoms with Crippen LogP contribution in [0.3, 0.4) is 0 Å². The summed E-state index contributed by atoms with van der Waals surface area (Å²) in [7, 11) is 0. The molecule has 0 unspecified atom stereocenters. The third kappa shape index (κ3) is 4.15. The molecule has 0 saturated carbocycles. The highest BCUT2D eigenvalue weighted by Gasteiger charge is 2.25. The number of hydrogen-bond acceptors (Lipinski definition) is 8. The third-order valence-corrected chi connectivity index (χ3v) is 5.08. The number of anilines is 2. The molecule has 0 saturated heterocycles. The van der Waals surface area contributed by atoms with E-state index < -0.39 is 6.29 Å². The molecule has 1 aliphatic heterocycles. The lowest BCUT2D eigenvalue weighted by Crippen LogP contribution is -2.19. The van der Waals surface area contributed by atoms with Crippen molar-refractivity contribution in [2.24, 2.45) is 0 Å². The number of fused-ring (bicyclic) bond motifs is 1. The summed E-state index contributed by atoms with van der Waals surface area (Å²) in [5, 5.41) is 0. The maximum absolute atomic E-state index is 14.0. The van der Waals surface area contributed by atoms with E-state index in [1.54, 1.807) is 0 Å². The van der Waals surface area contributed by atoms with Gasteiger partial charge in [-0.3, -0.25) is 0 Å². The molecule has 144 valence electrons. The fourth-order valence-electron chi connectivity index (χ4n) is 2.93. The van der Waals surface area contributed by atoms with Crippen LogP contribution in [0.25, 0.3) is 0 Å². The Balaban J connectivity index is 1.51. The number of nitrogens with zero attached hydrogens (tertiary/aromatic N) is 3. The fourth-order valence-corrected chi connectivity index (χ4v) is 3.78. The summed E-state index contributed by atoms with van der Waals surface area (Å²) in [6.07, 6.45) is -0.522. The standard InChI is InChI=1S/C19H18FN5O2S/c20-14-6-12-8-26-17(11-4-2-1-3-5-11)27-16(12)13(7-14)9-28-10-15-23-18(21)25-19(22)24-15/h1-7,17H,8-10H2,(H4,21,22,23,24,25)/t17-/m0/s1. The van der Waals surface area contributed by atoms with Crippen LogP contribution in [0.15, 0.2) is 42.5 Å². The van der Waals surface area contributed by atoms with Crippen LogP contribution in [0.5, 0.6) is 5.75 Å². The summed E-state index contributed by atoms with van der Waals surface area (Å²) in [6, 6.07) is 12.6. The minimum Gasteiger partial charge on any atom is -0.460 e. The number of aromatic nitrogens is 3. The molecule has 9 heteroatoms. The largest absolute Gasteiger partial charge is 0.460 e. The van der Waals surface area contributed by atoms with Crippen LogP contribution in [0.4, 0.5) is 16.3 Å². The first-order chi connectivity index (χ1) is 13.6. The van der Waals surface area contributed by atoms with Crippen molar-refractivity contribution in [1.82, 2.24) is 15.0 Å². The first-order valence-electron chi connectivity index (χ1n) is 8.56. The van der Waals surface area contributed by atoms with Gasteiger partial charge in [-0.1, -0.05) is 30.3 Å². The predicted molar refractivity (Wildman–Crippen MR) is 105 cm³/mol. The molecule has 1 aliphatic rings. The van der Waals surface area contributed by atoms with Crippen molar-refractivity contribution in [3.8, 4) is 5.75 Å². The molecule has 1 atom stereocenters. The second-order valence-corrected chi connectivity index (χ2v) is 7.17. The molecule has 0 spiro atoms. The van der Waals surface area contributed by atoms with Crippen molar-refractivity contribution >= 4 is 23.7 Å². The molecule has 2 aromatic carbocycles. The molecule has 0 bridgehead atoms. The molecule has 28 heavy (non-hydrogen) atoms. The quantitative estimate of drug-likeness (QED) is 0.673. The summed E-state index contributed by atoms with van der Waals surface area (Å²) >= 11 is 1.50. The summed E-state index contributed by atoms with van der Waals surface area (Å²) in [4.78, 5) is 11.9. The number of nitrogen functional groups attached to an aromatic ring is 2. The van der Waals surface area contributed by atoms with Crippen molar-refractivity contribution in [1.29, 1.82) is 0 Å². The molecule has 7 nitrogen and oxygen atoms in total. The maximum atomic E-state index is 14.0. The lowest BCUT2D eigenvalue weighted by Gasteiger charge is -2.28. The molecule has 0 radical (unpaired) electrons. The van der Waals surface area contributed by atoms with Gasteiger partial charge in [-0.2, -0.15) is 15.0 Å². The van der Waals surface area contributed by atoms with E-state index in [0.29, 0.717) is 28.6 Å². The summed E-state index contributed by atoms with van der Waals surface area (Å²) in [6.45, 7) is 0.283. The monoisotopic (exact) mass is 399 g/mol. The van der Waals surface area contributed by atoms with E-state index in [0.717, 1.165) is 11.1 Å². The Kier molecular flexibility index (Phi) is 5.27. The predicted octanol–water partition coefficient (Wildman–Crippen LogP) is 3.22. The van der Waals surface area contributed by atoms with Gasteiger partial charge in [-0.25, -0.2) is 4.39 Å². The zero-order valence-corrected chi connectivity index (χ0v) is 15.7. The second-order valence-electron chi connectivity index (χ2n) is 6.19. The molecule has 0 amide bonds. The first kappa shape index (κ1) is 18.5. The number of benzene rings is 2. The van der Waals surface area contributed by atoms with Gasteiger partial charge in [0.25, 0.3) is 0 Å². The number of hydrogen-bond donors (Lipinski definition) is 2. The highest BCUT2D eigenvalue weighted by Crippen LogP contribution is 2.38. The number of nitrogens with two attached hydrogens (primary N) is 2. The van der Waals surface area contributed by atoms with E-state index in [4.69, 9.17) is 20.9 Å². The molecule has 2 heterocycles. The van der Waals surface area contributed by atoms with Gasteiger partial charge in [0, 0.05) is 22.4 Å².